The van der Waals surface area contributed by atoms with Gasteiger partial charge in [-0.3, -0.25) is 0 Å². The van der Waals surface area contributed by atoms with Crippen molar-refractivity contribution in [2.24, 2.45) is 0 Å². The quantitative estimate of drug-likeness (QED) is 0.833. The number of aryl methyl sites for hydroxylation is 1. The van der Waals surface area contributed by atoms with Gasteiger partial charge in [-0.2, -0.15) is 0 Å². The van der Waals surface area contributed by atoms with Crippen molar-refractivity contribution in [2.45, 2.75) is 11.4 Å². The smallest absolute Gasteiger partial charge is 0.345 e. The van der Waals surface area contributed by atoms with Crippen LogP contribution in [0.1, 0.15) is 9.67 Å². The second-order valence-electron chi connectivity index (χ2n) is 3.10. The predicted molar refractivity (Wildman–Crippen MR) is 64.2 cm³/mol. The van der Waals surface area contributed by atoms with E-state index in [9.17, 15) is 4.79 Å². The molecule has 0 aliphatic heterocycles. The molecule has 0 aliphatic carbocycles. The molecule has 6 heteroatoms. The van der Waals surface area contributed by atoms with Crippen molar-refractivity contribution < 1.29 is 9.90 Å². The highest BCUT2D eigenvalue weighted by Crippen LogP contribution is 2.24. The highest BCUT2D eigenvalue weighted by Gasteiger charge is 2.06. The van der Waals surface area contributed by atoms with E-state index in [2.05, 4.69) is 4.98 Å². The van der Waals surface area contributed by atoms with Crippen LogP contribution in [0.25, 0.3) is 0 Å². The van der Waals surface area contributed by atoms with Gasteiger partial charge in [0.2, 0.25) is 0 Å². The van der Waals surface area contributed by atoms with Crippen LogP contribution in [0.3, 0.4) is 0 Å². The lowest BCUT2D eigenvalue weighted by Crippen LogP contribution is -1.96. The van der Waals surface area contributed by atoms with E-state index in [0.717, 1.165) is 17.2 Å². The number of hydrogen-bond donors (Lipinski definition) is 1. The maximum Gasteiger partial charge on any atom is 0.345 e. The minimum absolute atomic E-state index is 0.394. The molecule has 2 rings (SSSR count). The van der Waals surface area contributed by atoms with Crippen LogP contribution < -0.4 is 0 Å². The summed E-state index contributed by atoms with van der Waals surface area (Å²) >= 11 is 2.92. The molecular formula is C10H10N2O2S2. The first-order valence-corrected chi connectivity index (χ1v) is 6.52. The maximum absolute atomic E-state index is 10.7. The molecule has 2 aromatic heterocycles. The monoisotopic (exact) mass is 254 g/mol. The van der Waals surface area contributed by atoms with Gasteiger partial charge in [-0.1, -0.05) is 0 Å². The Kier molecular flexibility index (Phi) is 3.63. The number of thiophene rings is 1. The number of carboxylic acids is 1. The van der Waals surface area contributed by atoms with E-state index in [1.54, 1.807) is 30.4 Å². The first-order valence-electron chi connectivity index (χ1n) is 4.66. The van der Waals surface area contributed by atoms with Gasteiger partial charge in [-0.05, 0) is 6.07 Å². The van der Waals surface area contributed by atoms with Crippen LogP contribution in [0.5, 0.6) is 0 Å². The van der Waals surface area contributed by atoms with Crippen molar-refractivity contribution in [1.82, 2.24) is 9.55 Å². The highest BCUT2D eigenvalue weighted by molar-refractivity contribution is 7.99. The molecule has 0 fully saturated rings. The van der Waals surface area contributed by atoms with Gasteiger partial charge < -0.3 is 9.67 Å². The minimum atomic E-state index is -0.855. The Labute approximate surface area is 101 Å². The summed E-state index contributed by atoms with van der Waals surface area (Å²) in [6, 6.07) is 1.71. The van der Waals surface area contributed by atoms with Crippen LogP contribution in [0, 0.1) is 0 Å². The average Bonchev–Trinajstić information content (AvgIpc) is 2.87. The molecule has 16 heavy (non-hydrogen) atoms. The molecule has 0 unspecified atom stereocenters. The van der Waals surface area contributed by atoms with Gasteiger partial charge >= 0.3 is 5.97 Å². The summed E-state index contributed by atoms with van der Waals surface area (Å²) in [7, 11) is 0. The summed E-state index contributed by atoms with van der Waals surface area (Å²) in [5.74, 6) is 0.0538. The molecule has 84 valence electrons. The number of hydrogen-bond acceptors (Lipinski definition) is 4. The van der Waals surface area contributed by atoms with Crippen LogP contribution in [0.2, 0.25) is 0 Å². The lowest BCUT2D eigenvalue weighted by molar-refractivity contribution is 0.0702. The van der Waals surface area contributed by atoms with E-state index in [4.69, 9.17) is 5.11 Å². The number of aromatic carboxylic acids is 1. The third kappa shape index (κ3) is 2.86. The number of aromatic nitrogens is 2. The number of carboxylic acid groups (broad SMARTS) is 1. The first-order chi connectivity index (χ1) is 7.75. The summed E-state index contributed by atoms with van der Waals surface area (Å²) in [5.41, 5.74) is 0. The number of thioether (sulfide) groups is 1. The van der Waals surface area contributed by atoms with E-state index in [1.807, 2.05) is 16.1 Å². The van der Waals surface area contributed by atoms with Crippen LogP contribution in [-0.2, 0) is 6.54 Å². The van der Waals surface area contributed by atoms with E-state index in [0.29, 0.717) is 4.88 Å². The highest BCUT2D eigenvalue weighted by atomic mass is 32.2. The molecule has 0 aromatic carbocycles. The molecule has 0 spiro atoms. The summed E-state index contributed by atoms with van der Waals surface area (Å²) in [6.45, 7) is 0.878. The fourth-order valence-corrected chi connectivity index (χ4v) is 3.03. The van der Waals surface area contributed by atoms with Crippen molar-refractivity contribution in [3.63, 3.8) is 0 Å². The Balaban J connectivity index is 1.83. The van der Waals surface area contributed by atoms with Gasteiger partial charge in [0.1, 0.15) is 4.88 Å². The second kappa shape index (κ2) is 5.18. The van der Waals surface area contributed by atoms with Gasteiger partial charge in [-0.15, -0.1) is 23.1 Å². The molecule has 0 aliphatic rings. The van der Waals surface area contributed by atoms with E-state index in [-0.39, 0.29) is 0 Å². The Morgan fingerprint density at radius 1 is 1.62 bits per heavy atom. The Morgan fingerprint density at radius 2 is 2.50 bits per heavy atom. The van der Waals surface area contributed by atoms with Crippen LogP contribution in [0.4, 0.5) is 0 Å². The predicted octanol–water partition coefficient (Wildman–Crippen LogP) is 2.44. The van der Waals surface area contributed by atoms with E-state index >= 15 is 0 Å². The third-order valence-electron chi connectivity index (χ3n) is 1.96. The molecule has 0 amide bonds. The molecule has 2 heterocycles. The Morgan fingerprint density at radius 3 is 3.12 bits per heavy atom. The largest absolute Gasteiger partial charge is 0.477 e. The average molecular weight is 254 g/mol. The Bertz CT molecular complexity index is 465. The fourth-order valence-electron chi connectivity index (χ4n) is 1.19. The van der Waals surface area contributed by atoms with Gasteiger partial charge in [0.05, 0.1) is 6.33 Å². The second-order valence-corrected chi connectivity index (χ2v) is 5.18. The normalized spacial score (nSPS) is 10.5. The summed E-state index contributed by atoms with van der Waals surface area (Å²) in [6.07, 6.45) is 5.44. The molecular weight excluding hydrogens is 244 g/mol. The number of rotatable bonds is 5. The number of imidazole rings is 1. The number of nitrogens with zero attached hydrogens (tertiary/aromatic N) is 2. The zero-order valence-electron chi connectivity index (χ0n) is 8.37. The Hall–Kier alpha value is -1.27. The molecule has 4 nitrogen and oxygen atoms in total. The first kappa shape index (κ1) is 11.2. The summed E-state index contributed by atoms with van der Waals surface area (Å²) in [5, 5.41) is 10.6. The van der Waals surface area contributed by atoms with Gasteiger partial charge in [-0.25, -0.2) is 9.78 Å². The third-order valence-corrected chi connectivity index (χ3v) is 3.99. The zero-order chi connectivity index (χ0) is 11.4. The van der Waals surface area contributed by atoms with Gasteiger partial charge in [0.25, 0.3) is 0 Å². The minimum Gasteiger partial charge on any atom is -0.477 e. The molecule has 0 saturated carbocycles. The van der Waals surface area contributed by atoms with Crippen molar-refractivity contribution in [1.29, 1.82) is 0 Å². The topological polar surface area (TPSA) is 55.1 Å². The SMILES string of the molecule is O=C(O)c1cc(SCCn2ccnc2)cs1. The molecule has 2 aromatic rings. The maximum atomic E-state index is 10.7. The van der Waals surface area contributed by atoms with Crippen molar-refractivity contribution in [3.05, 3.63) is 35.0 Å². The standard InChI is InChI=1S/C10H10N2O2S2/c13-10(14)9-5-8(6-16-9)15-4-3-12-2-1-11-7-12/h1-2,5-7H,3-4H2,(H,13,14). The van der Waals surface area contributed by atoms with Crippen molar-refractivity contribution in [3.8, 4) is 0 Å². The van der Waals surface area contributed by atoms with Gasteiger partial charge in [0.15, 0.2) is 0 Å². The zero-order valence-corrected chi connectivity index (χ0v) is 10.0. The lowest BCUT2D eigenvalue weighted by atomic mass is 10.5. The number of carbonyl (C=O) groups is 1. The van der Waals surface area contributed by atoms with Crippen molar-refractivity contribution >= 4 is 29.1 Å². The molecule has 0 saturated heterocycles. The van der Waals surface area contributed by atoms with E-state index < -0.39 is 5.97 Å². The van der Waals surface area contributed by atoms with Crippen LogP contribution in [-0.4, -0.2) is 26.4 Å². The fraction of sp³-hybridized carbons (Fsp3) is 0.200. The summed E-state index contributed by atoms with van der Waals surface area (Å²) < 4.78 is 2.00. The van der Waals surface area contributed by atoms with Crippen LogP contribution >= 0.6 is 23.1 Å². The lowest BCUT2D eigenvalue weighted by Gasteiger charge is -1.99. The van der Waals surface area contributed by atoms with E-state index in [1.165, 1.54) is 11.3 Å². The molecule has 0 atom stereocenters. The summed E-state index contributed by atoms with van der Waals surface area (Å²) in [4.78, 5) is 16.0. The van der Waals surface area contributed by atoms with Gasteiger partial charge in [0, 0.05) is 35.0 Å². The molecule has 1 N–H and O–H groups in total. The molecule has 0 radical (unpaired) electrons. The molecule has 0 bridgehead atoms. The van der Waals surface area contributed by atoms with Crippen molar-refractivity contribution in [2.75, 3.05) is 5.75 Å². The van der Waals surface area contributed by atoms with Crippen LogP contribution in [0.15, 0.2) is 35.1 Å².